The molecule has 0 saturated carbocycles. The summed E-state index contributed by atoms with van der Waals surface area (Å²) in [6, 6.07) is 8.33. The number of hydrogen-bond acceptors (Lipinski definition) is 2. The van der Waals surface area contributed by atoms with Crippen LogP contribution in [0.1, 0.15) is 36.5 Å². The lowest BCUT2D eigenvalue weighted by Crippen LogP contribution is -2.20. The summed E-state index contributed by atoms with van der Waals surface area (Å²) < 4.78 is 5.39. The van der Waals surface area contributed by atoms with Crippen molar-refractivity contribution in [3.63, 3.8) is 0 Å². The molecule has 0 spiro atoms. The Hall–Kier alpha value is -0.860. The monoisotopic (exact) mass is 232 g/mol. The molecule has 2 heteroatoms. The van der Waals surface area contributed by atoms with E-state index in [9.17, 15) is 5.11 Å². The van der Waals surface area contributed by atoms with Gasteiger partial charge in [0.2, 0.25) is 0 Å². The van der Waals surface area contributed by atoms with Gasteiger partial charge in [-0.3, -0.25) is 0 Å². The molecule has 0 amide bonds. The average molecular weight is 232 g/mol. The molecule has 1 aromatic rings. The van der Waals surface area contributed by atoms with Gasteiger partial charge < -0.3 is 9.84 Å². The van der Waals surface area contributed by atoms with Gasteiger partial charge in [0.15, 0.2) is 0 Å². The van der Waals surface area contributed by atoms with Crippen LogP contribution < -0.4 is 0 Å². The van der Waals surface area contributed by atoms with Gasteiger partial charge in [-0.05, 0) is 48.6 Å². The molecule has 0 aromatic heterocycles. The Morgan fingerprint density at radius 3 is 2.71 bits per heavy atom. The zero-order valence-electron chi connectivity index (χ0n) is 10.1. The number of ether oxygens (including phenoxy) is 1. The largest absolute Gasteiger partial charge is 0.388 e. The molecule has 1 fully saturated rings. The third-order valence-electron chi connectivity index (χ3n) is 4.28. The minimum absolute atomic E-state index is 0.242. The second-order valence-electron chi connectivity index (χ2n) is 5.40. The molecule has 0 bridgehead atoms. The van der Waals surface area contributed by atoms with Crippen LogP contribution in [0.15, 0.2) is 24.3 Å². The van der Waals surface area contributed by atoms with Crippen molar-refractivity contribution in [2.45, 2.75) is 31.8 Å². The highest BCUT2D eigenvalue weighted by atomic mass is 16.5. The fourth-order valence-electron chi connectivity index (χ4n) is 3.28. The second-order valence-corrected chi connectivity index (χ2v) is 5.40. The summed E-state index contributed by atoms with van der Waals surface area (Å²) in [5.41, 5.74) is 2.50. The summed E-state index contributed by atoms with van der Waals surface area (Å²) in [6.07, 6.45) is 4.29. The molecule has 3 rings (SSSR count). The van der Waals surface area contributed by atoms with Crippen LogP contribution in [0.2, 0.25) is 0 Å². The van der Waals surface area contributed by atoms with Gasteiger partial charge in [0.1, 0.15) is 0 Å². The smallest absolute Gasteiger partial charge is 0.0824 e. The molecule has 2 atom stereocenters. The lowest BCUT2D eigenvalue weighted by atomic mass is 9.86. The average Bonchev–Trinajstić information content (AvgIpc) is 2.68. The summed E-state index contributed by atoms with van der Waals surface area (Å²) in [5, 5.41) is 10.3. The van der Waals surface area contributed by atoms with E-state index in [-0.39, 0.29) is 6.10 Å². The standard InChI is InChI=1S/C15H20O2/c16-15-13(9-11-5-7-17-8-6-11)10-12-3-1-2-4-14(12)15/h1-4,11,13,15-16H,5-10H2. The van der Waals surface area contributed by atoms with Crippen LogP contribution in [-0.4, -0.2) is 18.3 Å². The Kier molecular flexibility index (Phi) is 3.17. The Morgan fingerprint density at radius 1 is 1.18 bits per heavy atom. The Bertz CT molecular complexity index is 382. The van der Waals surface area contributed by atoms with Crippen molar-refractivity contribution < 1.29 is 9.84 Å². The van der Waals surface area contributed by atoms with Gasteiger partial charge in [0.25, 0.3) is 0 Å². The molecule has 92 valence electrons. The van der Waals surface area contributed by atoms with E-state index in [4.69, 9.17) is 4.74 Å². The minimum atomic E-state index is -0.242. The fraction of sp³-hybridized carbons (Fsp3) is 0.600. The third kappa shape index (κ3) is 2.24. The van der Waals surface area contributed by atoms with Crippen LogP contribution in [0.25, 0.3) is 0 Å². The first-order valence-corrected chi connectivity index (χ1v) is 6.68. The predicted molar refractivity (Wildman–Crippen MR) is 66.8 cm³/mol. The molecule has 17 heavy (non-hydrogen) atoms. The highest BCUT2D eigenvalue weighted by molar-refractivity contribution is 5.34. The first-order valence-electron chi connectivity index (χ1n) is 6.68. The zero-order valence-corrected chi connectivity index (χ0v) is 10.1. The molecular weight excluding hydrogens is 212 g/mol. The van der Waals surface area contributed by atoms with E-state index >= 15 is 0 Å². The van der Waals surface area contributed by atoms with Gasteiger partial charge in [-0.1, -0.05) is 24.3 Å². The topological polar surface area (TPSA) is 29.5 Å². The number of fused-ring (bicyclic) bond motifs is 1. The quantitative estimate of drug-likeness (QED) is 0.849. The lowest BCUT2D eigenvalue weighted by molar-refractivity contribution is 0.0429. The van der Waals surface area contributed by atoms with Gasteiger partial charge in [-0.2, -0.15) is 0 Å². The maximum absolute atomic E-state index is 10.3. The van der Waals surface area contributed by atoms with Crippen molar-refractivity contribution in [3.05, 3.63) is 35.4 Å². The van der Waals surface area contributed by atoms with Crippen LogP contribution in [0, 0.1) is 11.8 Å². The van der Waals surface area contributed by atoms with Crippen molar-refractivity contribution >= 4 is 0 Å². The zero-order chi connectivity index (χ0) is 11.7. The molecule has 2 aliphatic rings. The normalized spacial score (nSPS) is 29.2. The van der Waals surface area contributed by atoms with Gasteiger partial charge in [-0.25, -0.2) is 0 Å². The lowest BCUT2D eigenvalue weighted by Gasteiger charge is -2.26. The van der Waals surface area contributed by atoms with Crippen molar-refractivity contribution in [2.24, 2.45) is 11.8 Å². The van der Waals surface area contributed by atoms with E-state index in [1.54, 1.807) is 0 Å². The summed E-state index contributed by atoms with van der Waals surface area (Å²) in [7, 11) is 0. The molecule has 1 heterocycles. The maximum Gasteiger partial charge on any atom is 0.0824 e. The number of aliphatic hydroxyl groups excluding tert-OH is 1. The summed E-state index contributed by atoms with van der Waals surface area (Å²) in [4.78, 5) is 0. The Morgan fingerprint density at radius 2 is 1.94 bits per heavy atom. The highest BCUT2D eigenvalue weighted by Crippen LogP contribution is 2.40. The fourth-order valence-corrected chi connectivity index (χ4v) is 3.28. The number of rotatable bonds is 2. The first-order chi connectivity index (χ1) is 8.34. The van der Waals surface area contributed by atoms with Crippen molar-refractivity contribution in [1.29, 1.82) is 0 Å². The number of benzene rings is 1. The molecule has 1 saturated heterocycles. The van der Waals surface area contributed by atoms with Crippen LogP contribution in [0.3, 0.4) is 0 Å². The maximum atomic E-state index is 10.3. The van der Waals surface area contributed by atoms with E-state index in [2.05, 4.69) is 18.2 Å². The number of aliphatic hydroxyl groups is 1. The van der Waals surface area contributed by atoms with Crippen molar-refractivity contribution in [2.75, 3.05) is 13.2 Å². The van der Waals surface area contributed by atoms with Gasteiger partial charge >= 0.3 is 0 Å². The highest BCUT2D eigenvalue weighted by Gasteiger charge is 2.32. The van der Waals surface area contributed by atoms with E-state index in [1.807, 2.05) is 6.07 Å². The SMILES string of the molecule is OC1c2ccccc2CC1CC1CCOCC1. The predicted octanol–water partition coefficient (Wildman–Crippen LogP) is 2.71. The molecule has 1 N–H and O–H groups in total. The second kappa shape index (κ2) is 4.79. The molecule has 0 radical (unpaired) electrons. The van der Waals surface area contributed by atoms with Crippen LogP contribution in [0.4, 0.5) is 0 Å². The summed E-state index contributed by atoms with van der Waals surface area (Å²) in [5.74, 6) is 1.17. The first kappa shape index (κ1) is 11.2. The van der Waals surface area contributed by atoms with Crippen LogP contribution in [0.5, 0.6) is 0 Å². The minimum Gasteiger partial charge on any atom is -0.388 e. The van der Waals surface area contributed by atoms with Gasteiger partial charge in [-0.15, -0.1) is 0 Å². The summed E-state index contributed by atoms with van der Waals surface area (Å²) >= 11 is 0. The van der Waals surface area contributed by atoms with E-state index < -0.39 is 0 Å². The molecule has 2 nitrogen and oxygen atoms in total. The third-order valence-corrected chi connectivity index (χ3v) is 4.28. The summed E-state index contributed by atoms with van der Waals surface area (Å²) in [6.45, 7) is 1.81. The van der Waals surface area contributed by atoms with Gasteiger partial charge in [0, 0.05) is 13.2 Å². The number of hydrogen-bond donors (Lipinski definition) is 1. The van der Waals surface area contributed by atoms with E-state index in [1.165, 1.54) is 18.4 Å². The molecule has 1 aliphatic heterocycles. The molecule has 2 unspecified atom stereocenters. The van der Waals surface area contributed by atoms with E-state index in [0.29, 0.717) is 5.92 Å². The van der Waals surface area contributed by atoms with Crippen molar-refractivity contribution in [1.82, 2.24) is 0 Å². The van der Waals surface area contributed by atoms with Crippen LogP contribution >= 0.6 is 0 Å². The van der Waals surface area contributed by atoms with Crippen LogP contribution in [-0.2, 0) is 11.2 Å². The van der Waals surface area contributed by atoms with E-state index in [0.717, 1.165) is 37.5 Å². The Labute approximate surface area is 103 Å². The Balaban J connectivity index is 1.67. The molecular formula is C15H20O2. The molecule has 1 aromatic carbocycles. The van der Waals surface area contributed by atoms with Crippen molar-refractivity contribution in [3.8, 4) is 0 Å². The van der Waals surface area contributed by atoms with Gasteiger partial charge in [0.05, 0.1) is 6.10 Å². The molecule has 1 aliphatic carbocycles.